The van der Waals surface area contributed by atoms with E-state index in [0.29, 0.717) is 10.0 Å². The summed E-state index contributed by atoms with van der Waals surface area (Å²) in [6, 6.07) is 9.49. The van der Waals surface area contributed by atoms with E-state index >= 15 is 0 Å². The molecular formula is C14H10BrClFNO. The minimum absolute atomic E-state index is 0.0998. The van der Waals surface area contributed by atoms with Crippen LogP contribution in [0.15, 0.2) is 40.9 Å². The van der Waals surface area contributed by atoms with Gasteiger partial charge in [-0.1, -0.05) is 23.2 Å². The minimum Gasteiger partial charge on any atom is -0.319 e. The molecule has 0 saturated carbocycles. The van der Waals surface area contributed by atoms with Gasteiger partial charge in [0.1, 0.15) is 5.82 Å². The monoisotopic (exact) mass is 341 g/mol. The number of halogens is 3. The largest absolute Gasteiger partial charge is 0.319 e. The van der Waals surface area contributed by atoms with Gasteiger partial charge in [-0.15, -0.1) is 0 Å². The molecule has 1 N–H and O–H groups in total. The lowest BCUT2D eigenvalue weighted by molar-refractivity contribution is 0.102. The highest BCUT2D eigenvalue weighted by Gasteiger charge is 2.12. The van der Waals surface area contributed by atoms with Crippen LogP contribution in [0.3, 0.4) is 0 Å². The van der Waals surface area contributed by atoms with Crippen molar-refractivity contribution in [2.45, 2.75) is 6.92 Å². The molecule has 0 atom stereocenters. The van der Waals surface area contributed by atoms with Gasteiger partial charge in [-0.25, -0.2) is 4.39 Å². The molecule has 0 fully saturated rings. The molecule has 0 spiro atoms. The molecule has 2 rings (SSSR count). The maximum atomic E-state index is 13.6. The molecule has 0 aliphatic carbocycles. The molecule has 19 heavy (non-hydrogen) atoms. The summed E-state index contributed by atoms with van der Waals surface area (Å²) in [6.07, 6.45) is 0. The predicted molar refractivity (Wildman–Crippen MR) is 78.2 cm³/mol. The molecule has 1 amide bonds. The highest BCUT2D eigenvalue weighted by Crippen LogP contribution is 2.22. The number of anilines is 1. The third-order valence-corrected chi connectivity index (χ3v) is 3.47. The van der Waals surface area contributed by atoms with Crippen LogP contribution in [0.1, 0.15) is 15.9 Å². The summed E-state index contributed by atoms with van der Waals surface area (Å²) in [4.78, 5) is 12.1. The first-order valence-corrected chi connectivity index (χ1v) is 6.67. The molecule has 5 heteroatoms. The minimum atomic E-state index is -0.565. The molecule has 0 saturated heterocycles. The number of hydrogen-bond acceptors (Lipinski definition) is 1. The van der Waals surface area contributed by atoms with E-state index in [2.05, 4.69) is 21.2 Å². The van der Waals surface area contributed by atoms with Crippen LogP contribution in [0, 0.1) is 12.7 Å². The zero-order valence-corrected chi connectivity index (χ0v) is 12.3. The van der Waals surface area contributed by atoms with Gasteiger partial charge in [0.15, 0.2) is 0 Å². The number of carbonyl (C=O) groups is 1. The number of aryl methyl sites for hydroxylation is 1. The molecule has 0 radical (unpaired) electrons. The van der Waals surface area contributed by atoms with Crippen molar-refractivity contribution in [3.8, 4) is 0 Å². The molecule has 0 unspecified atom stereocenters. The molecule has 0 bridgehead atoms. The van der Waals surface area contributed by atoms with E-state index in [-0.39, 0.29) is 16.6 Å². The van der Waals surface area contributed by atoms with Gasteiger partial charge in [-0.2, -0.15) is 0 Å². The van der Waals surface area contributed by atoms with E-state index in [4.69, 9.17) is 11.6 Å². The highest BCUT2D eigenvalue weighted by atomic mass is 79.9. The van der Waals surface area contributed by atoms with Gasteiger partial charge in [0.05, 0.1) is 11.3 Å². The molecule has 98 valence electrons. The van der Waals surface area contributed by atoms with Gasteiger partial charge in [-0.3, -0.25) is 4.79 Å². The van der Waals surface area contributed by atoms with E-state index < -0.39 is 5.82 Å². The van der Waals surface area contributed by atoms with Crippen molar-refractivity contribution in [1.29, 1.82) is 0 Å². The van der Waals surface area contributed by atoms with Crippen molar-refractivity contribution in [3.05, 3.63) is 62.8 Å². The van der Waals surface area contributed by atoms with Crippen molar-refractivity contribution in [2.75, 3.05) is 5.32 Å². The van der Waals surface area contributed by atoms with Gasteiger partial charge in [0.25, 0.3) is 5.91 Å². The molecule has 0 aliphatic rings. The molecule has 0 aromatic heterocycles. The van der Waals surface area contributed by atoms with E-state index in [1.807, 2.05) is 13.0 Å². The summed E-state index contributed by atoms with van der Waals surface area (Å²) in [5, 5.41) is 2.80. The topological polar surface area (TPSA) is 29.1 Å². The van der Waals surface area contributed by atoms with Crippen molar-refractivity contribution in [2.24, 2.45) is 0 Å². The zero-order valence-electron chi connectivity index (χ0n) is 10.0. The van der Waals surface area contributed by atoms with Crippen molar-refractivity contribution < 1.29 is 9.18 Å². The molecule has 2 nitrogen and oxygen atoms in total. The van der Waals surface area contributed by atoms with Crippen LogP contribution in [0.2, 0.25) is 5.02 Å². The third kappa shape index (κ3) is 3.33. The molecule has 0 heterocycles. The summed E-state index contributed by atoms with van der Waals surface area (Å²) in [5.74, 6) is -0.943. The summed E-state index contributed by atoms with van der Waals surface area (Å²) >= 11 is 8.96. The number of nitrogens with one attached hydrogen (secondary N) is 1. The number of carbonyl (C=O) groups excluding carboxylic acids is 1. The van der Waals surface area contributed by atoms with Crippen LogP contribution in [-0.2, 0) is 0 Å². The Balaban J connectivity index is 2.28. The number of benzene rings is 2. The SMILES string of the molecule is Cc1ccc(Br)c(C(=O)Nc2ccc(Cl)cc2F)c1. The van der Waals surface area contributed by atoms with Gasteiger partial charge >= 0.3 is 0 Å². The fraction of sp³-hybridized carbons (Fsp3) is 0.0714. The Kier molecular flexibility index (Phi) is 4.22. The first kappa shape index (κ1) is 14.0. The van der Waals surface area contributed by atoms with E-state index in [9.17, 15) is 9.18 Å². The Bertz CT molecular complexity index is 645. The molecule has 2 aromatic rings. The fourth-order valence-corrected chi connectivity index (χ4v) is 2.18. The summed E-state index contributed by atoms with van der Waals surface area (Å²) in [6.45, 7) is 1.88. The van der Waals surface area contributed by atoms with Crippen molar-refractivity contribution in [3.63, 3.8) is 0 Å². The lowest BCUT2D eigenvalue weighted by atomic mass is 10.1. The Labute approximate surface area is 123 Å². The number of amides is 1. The van der Waals surface area contributed by atoms with Gasteiger partial charge in [0.2, 0.25) is 0 Å². The Morgan fingerprint density at radius 1 is 1.26 bits per heavy atom. The molecule has 0 aliphatic heterocycles. The summed E-state index contributed by atoms with van der Waals surface area (Å²) in [7, 11) is 0. The molecular weight excluding hydrogens is 333 g/mol. The number of hydrogen-bond donors (Lipinski definition) is 1. The van der Waals surface area contributed by atoms with Crippen LogP contribution < -0.4 is 5.32 Å². The van der Waals surface area contributed by atoms with Crippen molar-refractivity contribution >= 4 is 39.1 Å². The summed E-state index contributed by atoms with van der Waals surface area (Å²) in [5.41, 5.74) is 1.50. The third-order valence-electron chi connectivity index (χ3n) is 2.55. The summed E-state index contributed by atoms with van der Waals surface area (Å²) < 4.78 is 14.3. The Hall–Kier alpha value is -1.39. The van der Waals surface area contributed by atoms with E-state index in [0.717, 1.165) is 11.6 Å². The smallest absolute Gasteiger partial charge is 0.256 e. The highest BCUT2D eigenvalue weighted by molar-refractivity contribution is 9.10. The first-order chi connectivity index (χ1) is 8.97. The first-order valence-electron chi connectivity index (χ1n) is 5.50. The predicted octanol–water partition coefficient (Wildman–Crippen LogP) is 4.80. The zero-order chi connectivity index (χ0) is 14.0. The fourth-order valence-electron chi connectivity index (χ4n) is 1.59. The van der Waals surface area contributed by atoms with E-state index in [1.165, 1.54) is 12.1 Å². The normalized spacial score (nSPS) is 10.3. The van der Waals surface area contributed by atoms with Crippen LogP contribution in [-0.4, -0.2) is 5.91 Å². The maximum Gasteiger partial charge on any atom is 0.256 e. The van der Waals surface area contributed by atoms with Gasteiger partial charge in [0, 0.05) is 9.50 Å². The Morgan fingerprint density at radius 3 is 2.68 bits per heavy atom. The second kappa shape index (κ2) is 5.72. The second-order valence-electron chi connectivity index (χ2n) is 4.06. The standard InChI is InChI=1S/C14H10BrClFNO/c1-8-2-4-11(15)10(6-8)14(19)18-13-5-3-9(16)7-12(13)17/h2-7H,1H3,(H,18,19). The van der Waals surface area contributed by atoms with Crippen LogP contribution >= 0.6 is 27.5 Å². The average Bonchev–Trinajstić information content (AvgIpc) is 2.35. The van der Waals surface area contributed by atoms with Gasteiger partial charge < -0.3 is 5.32 Å². The lowest BCUT2D eigenvalue weighted by Gasteiger charge is -2.08. The molecule has 2 aromatic carbocycles. The number of rotatable bonds is 2. The lowest BCUT2D eigenvalue weighted by Crippen LogP contribution is -2.13. The Morgan fingerprint density at radius 2 is 2.00 bits per heavy atom. The van der Waals surface area contributed by atoms with Crippen LogP contribution in [0.25, 0.3) is 0 Å². The average molecular weight is 343 g/mol. The van der Waals surface area contributed by atoms with E-state index in [1.54, 1.807) is 12.1 Å². The van der Waals surface area contributed by atoms with Crippen LogP contribution in [0.4, 0.5) is 10.1 Å². The van der Waals surface area contributed by atoms with Crippen LogP contribution in [0.5, 0.6) is 0 Å². The van der Waals surface area contributed by atoms with Gasteiger partial charge in [-0.05, 0) is 53.2 Å². The quantitative estimate of drug-likeness (QED) is 0.834. The maximum absolute atomic E-state index is 13.6. The van der Waals surface area contributed by atoms with Crippen molar-refractivity contribution in [1.82, 2.24) is 0 Å². The second-order valence-corrected chi connectivity index (χ2v) is 5.35.